The molecule has 0 aromatic carbocycles. The van der Waals surface area contributed by atoms with E-state index < -0.39 is 0 Å². The third-order valence-electron chi connectivity index (χ3n) is 4.18. The Hall–Kier alpha value is -0.570. The highest BCUT2D eigenvalue weighted by Crippen LogP contribution is 2.31. The van der Waals surface area contributed by atoms with E-state index in [1.54, 1.807) is 0 Å². The van der Waals surface area contributed by atoms with Gasteiger partial charge in [-0.1, -0.05) is 39.0 Å². The molecule has 0 heterocycles. The summed E-state index contributed by atoms with van der Waals surface area (Å²) in [7, 11) is 1.93. The Kier molecular flexibility index (Phi) is 7.33. The van der Waals surface area contributed by atoms with E-state index in [0.29, 0.717) is 6.04 Å². The van der Waals surface area contributed by atoms with E-state index in [0.717, 1.165) is 31.7 Å². The summed E-state index contributed by atoms with van der Waals surface area (Å²) in [5.41, 5.74) is 0. The molecule has 3 heteroatoms. The third-order valence-corrected chi connectivity index (χ3v) is 4.18. The molecule has 0 aliphatic heterocycles. The zero-order chi connectivity index (χ0) is 13.4. The molecule has 0 spiro atoms. The number of rotatable bonds is 8. The molecule has 0 saturated heterocycles. The van der Waals surface area contributed by atoms with Crippen LogP contribution in [0.2, 0.25) is 0 Å². The van der Waals surface area contributed by atoms with E-state index in [1.165, 1.54) is 25.7 Å². The van der Waals surface area contributed by atoms with E-state index >= 15 is 0 Å². The zero-order valence-corrected chi connectivity index (χ0v) is 12.3. The second-order valence-corrected chi connectivity index (χ2v) is 5.81. The molecule has 1 aliphatic rings. The number of carbonyl (C=O) groups excluding carboxylic acids is 1. The molecule has 1 aliphatic carbocycles. The Morgan fingerprint density at radius 3 is 2.56 bits per heavy atom. The van der Waals surface area contributed by atoms with Gasteiger partial charge in [0.05, 0.1) is 0 Å². The van der Waals surface area contributed by atoms with Gasteiger partial charge in [0.15, 0.2) is 0 Å². The topological polar surface area (TPSA) is 41.1 Å². The molecule has 0 bridgehead atoms. The molecule has 0 radical (unpaired) electrons. The van der Waals surface area contributed by atoms with Crippen LogP contribution in [-0.2, 0) is 4.79 Å². The summed E-state index contributed by atoms with van der Waals surface area (Å²) >= 11 is 0. The van der Waals surface area contributed by atoms with Crippen molar-refractivity contribution in [2.75, 3.05) is 13.6 Å². The molecule has 2 unspecified atom stereocenters. The van der Waals surface area contributed by atoms with E-state index in [-0.39, 0.29) is 11.8 Å². The van der Waals surface area contributed by atoms with Crippen LogP contribution >= 0.6 is 0 Å². The highest BCUT2D eigenvalue weighted by molar-refractivity contribution is 5.78. The SMILES string of the molecule is CCCC(CC1CCCC1)C(=O)NCC(C)NC. The van der Waals surface area contributed by atoms with Crippen molar-refractivity contribution >= 4 is 5.91 Å². The minimum absolute atomic E-state index is 0.238. The highest BCUT2D eigenvalue weighted by Gasteiger charge is 2.24. The number of nitrogens with one attached hydrogen (secondary N) is 2. The smallest absolute Gasteiger partial charge is 0.223 e. The lowest BCUT2D eigenvalue weighted by atomic mass is 9.89. The maximum atomic E-state index is 12.2. The molecule has 0 aromatic heterocycles. The highest BCUT2D eigenvalue weighted by atomic mass is 16.1. The second-order valence-electron chi connectivity index (χ2n) is 5.81. The van der Waals surface area contributed by atoms with Crippen molar-refractivity contribution in [1.29, 1.82) is 0 Å². The normalized spacial score (nSPS) is 19.7. The van der Waals surface area contributed by atoms with Gasteiger partial charge in [0.1, 0.15) is 0 Å². The predicted octanol–water partition coefficient (Wildman–Crippen LogP) is 2.71. The average molecular weight is 254 g/mol. The number of carbonyl (C=O) groups is 1. The minimum atomic E-state index is 0.238. The average Bonchev–Trinajstić information content (AvgIpc) is 2.87. The third kappa shape index (κ3) is 5.38. The minimum Gasteiger partial charge on any atom is -0.354 e. The van der Waals surface area contributed by atoms with Gasteiger partial charge in [0.2, 0.25) is 5.91 Å². The van der Waals surface area contributed by atoms with Crippen LogP contribution in [0.4, 0.5) is 0 Å². The molecular formula is C15H30N2O. The molecule has 1 amide bonds. The fraction of sp³-hybridized carbons (Fsp3) is 0.933. The van der Waals surface area contributed by atoms with Crippen molar-refractivity contribution in [1.82, 2.24) is 10.6 Å². The summed E-state index contributed by atoms with van der Waals surface area (Å²) in [5.74, 6) is 1.31. The first-order valence-electron chi connectivity index (χ1n) is 7.62. The maximum Gasteiger partial charge on any atom is 0.223 e. The van der Waals surface area contributed by atoms with Crippen LogP contribution in [0.25, 0.3) is 0 Å². The van der Waals surface area contributed by atoms with Gasteiger partial charge in [-0.25, -0.2) is 0 Å². The van der Waals surface area contributed by atoms with Gasteiger partial charge >= 0.3 is 0 Å². The van der Waals surface area contributed by atoms with Crippen LogP contribution in [0.5, 0.6) is 0 Å². The van der Waals surface area contributed by atoms with Crippen LogP contribution in [0.3, 0.4) is 0 Å². The van der Waals surface area contributed by atoms with Crippen molar-refractivity contribution in [2.24, 2.45) is 11.8 Å². The molecule has 1 fully saturated rings. The van der Waals surface area contributed by atoms with E-state index in [1.807, 2.05) is 7.05 Å². The van der Waals surface area contributed by atoms with Crippen molar-refractivity contribution in [2.45, 2.75) is 64.8 Å². The fourth-order valence-electron chi connectivity index (χ4n) is 2.85. The van der Waals surface area contributed by atoms with Gasteiger partial charge in [0, 0.05) is 18.5 Å². The van der Waals surface area contributed by atoms with Crippen LogP contribution in [0, 0.1) is 11.8 Å². The fourth-order valence-corrected chi connectivity index (χ4v) is 2.85. The quantitative estimate of drug-likeness (QED) is 0.699. The lowest BCUT2D eigenvalue weighted by Gasteiger charge is -2.21. The Labute approximate surface area is 112 Å². The summed E-state index contributed by atoms with van der Waals surface area (Å²) in [6, 6.07) is 0.350. The van der Waals surface area contributed by atoms with E-state index in [9.17, 15) is 4.79 Å². The van der Waals surface area contributed by atoms with Crippen molar-refractivity contribution < 1.29 is 4.79 Å². The lowest BCUT2D eigenvalue weighted by Crippen LogP contribution is -2.40. The second kappa shape index (κ2) is 8.52. The van der Waals surface area contributed by atoms with Crippen LogP contribution in [0.1, 0.15) is 58.8 Å². The Bertz CT molecular complexity index is 237. The van der Waals surface area contributed by atoms with Crippen molar-refractivity contribution in [3.8, 4) is 0 Å². The summed E-state index contributed by atoms with van der Waals surface area (Å²) in [6.45, 7) is 5.00. The maximum absolute atomic E-state index is 12.2. The first kappa shape index (κ1) is 15.5. The molecule has 18 heavy (non-hydrogen) atoms. The van der Waals surface area contributed by atoms with E-state index in [4.69, 9.17) is 0 Å². The molecule has 1 rings (SSSR count). The Morgan fingerprint density at radius 1 is 1.33 bits per heavy atom. The molecule has 1 saturated carbocycles. The first-order valence-corrected chi connectivity index (χ1v) is 7.62. The summed E-state index contributed by atoms with van der Waals surface area (Å²) in [4.78, 5) is 12.2. The Morgan fingerprint density at radius 2 is 2.00 bits per heavy atom. The summed E-state index contributed by atoms with van der Waals surface area (Å²) < 4.78 is 0. The van der Waals surface area contributed by atoms with Gasteiger partial charge < -0.3 is 10.6 Å². The van der Waals surface area contributed by atoms with Gasteiger partial charge in [-0.15, -0.1) is 0 Å². The van der Waals surface area contributed by atoms with Gasteiger partial charge in [-0.3, -0.25) is 4.79 Å². The molecule has 2 atom stereocenters. The monoisotopic (exact) mass is 254 g/mol. The van der Waals surface area contributed by atoms with Crippen LogP contribution in [-0.4, -0.2) is 25.5 Å². The first-order chi connectivity index (χ1) is 8.67. The van der Waals surface area contributed by atoms with Gasteiger partial charge in [0.25, 0.3) is 0 Å². The number of hydrogen-bond acceptors (Lipinski definition) is 2. The molecule has 2 N–H and O–H groups in total. The molecular weight excluding hydrogens is 224 g/mol. The summed E-state index contributed by atoms with van der Waals surface area (Å²) in [5, 5.41) is 6.24. The summed E-state index contributed by atoms with van der Waals surface area (Å²) in [6.07, 6.45) is 8.64. The standard InChI is InChI=1S/C15H30N2O/c1-4-7-14(10-13-8-5-6-9-13)15(18)17-11-12(2)16-3/h12-14,16H,4-11H2,1-3H3,(H,17,18). The number of hydrogen-bond donors (Lipinski definition) is 2. The van der Waals surface area contributed by atoms with Crippen molar-refractivity contribution in [3.05, 3.63) is 0 Å². The van der Waals surface area contributed by atoms with Gasteiger partial charge in [-0.2, -0.15) is 0 Å². The molecule has 3 nitrogen and oxygen atoms in total. The Balaban J connectivity index is 2.36. The predicted molar refractivity (Wildman–Crippen MR) is 76.5 cm³/mol. The van der Waals surface area contributed by atoms with Crippen molar-refractivity contribution in [3.63, 3.8) is 0 Å². The molecule has 0 aromatic rings. The zero-order valence-electron chi connectivity index (χ0n) is 12.3. The molecule has 106 valence electrons. The van der Waals surface area contributed by atoms with Crippen LogP contribution in [0.15, 0.2) is 0 Å². The van der Waals surface area contributed by atoms with Crippen LogP contribution < -0.4 is 10.6 Å². The van der Waals surface area contributed by atoms with Gasteiger partial charge in [-0.05, 0) is 32.7 Å². The number of amides is 1. The number of likely N-dealkylation sites (N-methyl/N-ethyl adjacent to an activating group) is 1. The van der Waals surface area contributed by atoms with E-state index in [2.05, 4.69) is 24.5 Å². The largest absolute Gasteiger partial charge is 0.354 e. The lowest BCUT2D eigenvalue weighted by molar-refractivity contribution is -0.125.